The Labute approximate surface area is 150 Å². The molecule has 1 N–H and O–H groups in total. The minimum atomic E-state index is -0.356. The maximum atomic E-state index is 12.4. The second-order valence-electron chi connectivity index (χ2n) is 6.02. The molecule has 0 radical (unpaired) electrons. The number of carbonyl (C=O) groups excluding carboxylic acids is 1. The fraction of sp³-hybridized carbons (Fsp3) is 0.412. The lowest BCUT2D eigenvalue weighted by Gasteiger charge is -2.31. The number of nitriles is 1. The van der Waals surface area contributed by atoms with Crippen molar-refractivity contribution >= 4 is 17.5 Å². The SMILES string of the molecule is Cn1cc([C@@H]2OCCC[C@H]2CNC(=O)c2ncc(C#N)cc2Cl)cn1. The molecule has 1 fully saturated rings. The molecule has 0 bridgehead atoms. The third-order valence-electron chi connectivity index (χ3n) is 4.21. The zero-order valence-corrected chi connectivity index (χ0v) is 14.5. The summed E-state index contributed by atoms with van der Waals surface area (Å²) in [6.45, 7) is 1.16. The van der Waals surface area contributed by atoms with Crippen molar-refractivity contribution in [2.24, 2.45) is 13.0 Å². The number of ether oxygens (including phenoxy) is 1. The number of nitrogens with one attached hydrogen (secondary N) is 1. The van der Waals surface area contributed by atoms with Crippen LogP contribution in [0.5, 0.6) is 0 Å². The van der Waals surface area contributed by atoms with Crippen LogP contribution in [0.4, 0.5) is 0 Å². The van der Waals surface area contributed by atoms with Crippen LogP contribution in [0.25, 0.3) is 0 Å². The van der Waals surface area contributed by atoms with Crippen molar-refractivity contribution in [1.82, 2.24) is 20.1 Å². The van der Waals surface area contributed by atoms with E-state index in [1.54, 1.807) is 10.9 Å². The largest absolute Gasteiger partial charge is 0.373 e. The lowest BCUT2D eigenvalue weighted by molar-refractivity contribution is -0.0273. The quantitative estimate of drug-likeness (QED) is 0.903. The summed E-state index contributed by atoms with van der Waals surface area (Å²) in [6, 6.07) is 3.38. The highest BCUT2D eigenvalue weighted by Crippen LogP contribution is 2.33. The van der Waals surface area contributed by atoms with Crippen LogP contribution in [0.1, 0.15) is 40.6 Å². The molecular formula is C17H18ClN5O2. The first-order valence-electron chi connectivity index (χ1n) is 8.02. The predicted molar refractivity (Wildman–Crippen MR) is 90.9 cm³/mol. The van der Waals surface area contributed by atoms with Gasteiger partial charge in [0, 0.05) is 44.1 Å². The Morgan fingerprint density at radius 1 is 1.56 bits per heavy atom. The van der Waals surface area contributed by atoms with Gasteiger partial charge in [-0.25, -0.2) is 4.98 Å². The van der Waals surface area contributed by atoms with E-state index in [4.69, 9.17) is 21.6 Å². The van der Waals surface area contributed by atoms with E-state index in [2.05, 4.69) is 15.4 Å². The molecule has 3 heterocycles. The zero-order valence-electron chi connectivity index (χ0n) is 13.8. The van der Waals surface area contributed by atoms with E-state index in [1.165, 1.54) is 12.3 Å². The number of hydrogen-bond acceptors (Lipinski definition) is 5. The zero-order chi connectivity index (χ0) is 17.8. The third kappa shape index (κ3) is 3.98. The van der Waals surface area contributed by atoms with Crippen molar-refractivity contribution in [3.05, 3.63) is 46.5 Å². The molecule has 2 atom stereocenters. The van der Waals surface area contributed by atoms with Crippen LogP contribution in [-0.2, 0) is 11.8 Å². The highest BCUT2D eigenvalue weighted by Gasteiger charge is 2.29. The van der Waals surface area contributed by atoms with E-state index < -0.39 is 0 Å². The lowest BCUT2D eigenvalue weighted by Crippen LogP contribution is -2.35. The lowest BCUT2D eigenvalue weighted by atomic mass is 9.91. The number of halogens is 1. The number of pyridine rings is 1. The summed E-state index contributed by atoms with van der Waals surface area (Å²) in [5, 5.41) is 16.1. The van der Waals surface area contributed by atoms with Crippen molar-refractivity contribution < 1.29 is 9.53 Å². The van der Waals surface area contributed by atoms with Crippen LogP contribution in [0.2, 0.25) is 5.02 Å². The van der Waals surface area contributed by atoms with Gasteiger partial charge in [0.2, 0.25) is 0 Å². The number of nitrogens with zero attached hydrogens (tertiary/aromatic N) is 4. The molecule has 8 heteroatoms. The molecule has 130 valence electrons. The van der Waals surface area contributed by atoms with Crippen molar-refractivity contribution in [2.75, 3.05) is 13.2 Å². The first-order chi connectivity index (χ1) is 12.1. The van der Waals surface area contributed by atoms with E-state index in [-0.39, 0.29) is 28.6 Å². The summed E-state index contributed by atoms with van der Waals surface area (Å²) >= 11 is 6.04. The summed E-state index contributed by atoms with van der Waals surface area (Å²) in [7, 11) is 1.86. The summed E-state index contributed by atoms with van der Waals surface area (Å²) < 4.78 is 7.64. The van der Waals surface area contributed by atoms with Crippen LogP contribution in [0.15, 0.2) is 24.7 Å². The van der Waals surface area contributed by atoms with E-state index in [9.17, 15) is 4.79 Å². The Hall–Kier alpha value is -2.43. The van der Waals surface area contributed by atoms with E-state index in [0.29, 0.717) is 18.7 Å². The highest BCUT2D eigenvalue weighted by atomic mass is 35.5. The van der Waals surface area contributed by atoms with Crippen molar-refractivity contribution in [2.45, 2.75) is 18.9 Å². The Morgan fingerprint density at radius 3 is 3.08 bits per heavy atom. The van der Waals surface area contributed by atoms with Gasteiger partial charge in [0.15, 0.2) is 0 Å². The van der Waals surface area contributed by atoms with Crippen LogP contribution in [0.3, 0.4) is 0 Å². The summed E-state index contributed by atoms with van der Waals surface area (Å²) in [6.07, 6.45) is 6.88. The Bertz CT molecular complexity index is 814. The van der Waals surface area contributed by atoms with Gasteiger partial charge in [0.1, 0.15) is 11.8 Å². The maximum absolute atomic E-state index is 12.4. The van der Waals surface area contributed by atoms with E-state index in [0.717, 1.165) is 18.4 Å². The predicted octanol–water partition coefficient (Wildman–Crippen LogP) is 2.24. The molecule has 2 aromatic rings. The molecule has 0 aromatic carbocycles. The van der Waals surface area contributed by atoms with Gasteiger partial charge in [-0.05, 0) is 18.9 Å². The molecule has 25 heavy (non-hydrogen) atoms. The number of carbonyl (C=O) groups is 1. The van der Waals surface area contributed by atoms with Gasteiger partial charge in [-0.15, -0.1) is 0 Å². The summed E-state index contributed by atoms with van der Waals surface area (Å²) in [5.41, 5.74) is 1.45. The molecule has 0 spiro atoms. The fourth-order valence-electron chi connectivity index (χ4n) is 2.98. The third-order valence-corrected chi connectivity index (χ3v) is 4.50. The van der Waals surface area contributed by atoms with E-state index >= 15 is 0 Å². The van der Waals surface area contributed by atoms with Gasteiger partial charge >= 0.3 is 0 Å². The fourth-order valence-corrected chi connectivity index (χ4v) is 3.23. The number of aromatic nitrogens is 3. The van der Waals surface area contributed by atoms with Gasteiger partial charge in [-0.1, -0.05) is 11.6 Å². The van der Waals surface area contributed by atoms with Gasteiger partial charge in [-0.3, -0.25) is 9.48 Å². The Morgan fingerprint density at radius 2 is 2.40 bits per heavy atom. The second kappa shape index (κ2) is 7.64. The second-order valence-corrected chi connectivity index (χ2v) is 6.42. The molecule has 0 unspecified atom stereocenters. The average Bonchev–Trinajstić information content (AvgIpc) is 3.06. The van der Waals surface area contributed by atoms with E-state index in [1.807, 2.05) is 19.3 Å². The van der Waals surface area contributed by atoms with Crippen molar-refractivity contribution in [1.29, 1.82) is 5.26 Å². The first kappa shape index (κ1) is 17.4. The van der Waals surface area contributed by atoms with Gasteiger partial charge in [0.25, 0.3) is 5.91 Å². The molecule has 2 aromatic heterocycles. The first-order valence-corrected chi connectivity index (χ1v) is 8.40. The van der Waals surface area contributed by atoms with Gasteiger partial charge in [-0.2, -0.15) is 10.4 Å². The summed E-state index contributed by atoms with van der Waals surface area (Å²) in [5.74, 6) is -0.205. The van der Waals surface area contributed by atoms with Crippen LogP contribution >= 0.6 is 11.6 Å². The normalized spacial score (nSPS) is 20.0. The molecule has 1 aliphatic heterocycles. The summed E-state index contributed by atoms with van der Waals surface area (Å²) in [4.78, 5) is 16.3. The van der Waals surface area contributed by atoms with Crippen LogP contribution in [0, 0.1) is 17.2 Å². The van der Waals surface area contributed by atoms with Gasteiger partial charge in [0.05, 0.1) is 22.9 Å². The average molecular weight is 360 g/mol. The molecule has 1 aliphatic rings. The Balaban J connectivity index is 1.67. The Kier molecular flexibility index (Phi) is 5.31. The molecule has 3 rings (SSSR count). The monoisotopic (exact) mass is 359 g/mol. The molecule has 0 saturated carbocycles. The molecule has 0 aliphatic carbocycles. The van der Waals surface area contributed by atoms with Gasteiger partial charge < -0.3 is 10.1 Å². The van der Waals surface area contributed by atoms with Crippen LogP contribution in [-0.4, -0.2) is 33.8 Å². The van der Waals surface area contributed by atoms with Crippen molar-refractivity contribution in [3.8, 4) is 6.07 Å². The minimum absolute atomic E-state index is 0.0906. The standard InChI is InChI=1S/C17H18ClN5O2/c1-23-10-13(9-22-23)16-12(3-2-4-25-16)8-21-17(24)15-14(18)5-11(6-19)7-20-15/h5,7,9-10,12,16H,2-4,8H2,1H3,(H,21,24)/t12-,16+/m0/s1. The molecule has 7 nitrogen and oxygen atoms in total. The minimum Gasteiger partial charge on any atom is -0.373 e. The molecular weight excluding hydrogens is 342 g/mol. The molecule has 1 amide bonds. The number of hydrogen-bond donors (Lipinski definition) is 1. The number of amides is 1. The highest BCUT2D eigenvalue weighted by molar-refractivity contribution is 6.33. The number of rotatable bonds is 4. The number of aryl methyl sites for hydroxylation is 1. The van der Waals surface area contributed by atoms with Crippen LogP contribution < -0.4 is 5.32 Å². The topological polar surface area (TPSA) is 92.8 Å². The maximum Gasteiger partial charge on any atom is 0.271 e. The smallest absolute Gasteiger partial charge is 0.271 e. The molecule has 1 saturated heterocycles. The van der Waals surface area contributed by atoms with Crippen molar-refractivity contribution in [3.63, 3.8) is 0 Å².